The molecule has 20 heavy (non-hydrogen) atoms. The van der Waals surface area contributed by atoms with E-state index in [-0.39, 0.29) is 17.4 Å². The Hall–Kier alpha value is -1.39. The fraction of sp³-hybridized carbons (Fsp3) is 0.562. The highest BCUT2D eigenvalue weighted by molar-refractivity contribution is 5.76. The second-order valence-electron chi connectivity index (χ2n) is 5.91. The Morgan fingerprint density at radius 2 is 1.80 bits per heavy atom. The fourth-order valence-corrected chi connectivity index (χ4v) is 2.08. The van der Waals surface area contributed by atoms with Gasteiger partial charge in [0.2, 0.25) is 0 Å². The Kier molecular flexibility index (Phi) is 6.17. The molecule has 112 valence electrons. The van der Waals surface area contributed by atoms with Crippen molar-refractivity contribution >= 4 is 5.97 Å². The highest BCUT2D eigenvalue weighted by Crippen LogP contribution is 2.24. The summed E-state index contributed by atoms with van der Waals surface area (Å²) in [5.74, 6) is -0.255. The molecule has 0 radical (unpaired) electrons. The van der Waals surface area contributed by atoms with Crippen LogP contribution in [0.3, 0.4) is 0 Å². The molecule has 0 fully saturated rings. The van der Waals surface area contributed by atoms with Crippen LogP contribution in [-0.2, 0) is 14.3 Å². The lowest BCUT2D eigenvalue weighted by Gasteiger charge is -2.33. The van der Waals surface area contributed by atoms with Crippen molar-refractivity contribution < 1.29 is 14.3 Å². The molecule has 0 saturated heterocycles. The van der Waals surface area contributed by atoms with Crippen LogP contribution in [0.15, 0.2) is 30.3 Å². The molecule has 0 aliphatic rings. The maximum Gasteiger partial charge on any atom is 0.323 e. The maximum atomic E-state index is 12.0. The van der Waals surface area contributed by atoms with Crippen molar-refractivity contribution in [1.82, 2.24) is 5.32 Å². The number of carbonyl (C=O) groups is 1. The Labute approximate surface area is 121 Å². The molecule has 0 aliphatic heterocycles. The van der Waals surface area contributed by atoms with Crippen LogP contribution < -0.4 is 5.32 Å². The lowest BCUT2D eigenvalue weighted by Crippen LogP contribution is -2.49. The van der Waals surface area contributed by atoms with Gasteiger partial charge in [-0.1, -0.05) is 51.1 Å². The highest BCUT2D eigenvalue weighted by atomic mass is 16.5. The normalized spacial score (nSPS) is 14.7. The number of methoxy groups -OCH3 is 2. The van der Waals surface area contributed by atoms with E-state index in [0.29, 0.717) is 6.61 Å². The van der Waals surface area contributed by atoms with E-state index < -0.39 is 6.04 Å². The smallest absolute Gasteiger partial charge is 0.323 e. The Balaban J connectivity index is 2.95. The van der Waals surface area contributed by atoms with Crippen molar-refractivity contribution in [1.29, 1.82) is 0 Å². The molecule has 0 aliphatic carbocycles. The summed E-state index contributed by atoms with van der Waals surface area (Å²) in [6.07, 6.45) is 0. The minimum absolute atomic E-state index is 0.0514. The Morgan fingerprint density at radius 1 is 1.20 bits per heavy atom. The van der Waals surface area contributed by atoms with Gasteiger partial charge in [0.15, 0.2) is 0 Å². The Bertz CT molecular complexity index is 411. The average Bonchev–Trinajstić information content (AvgIpc) is 2.42. The topological polar surface area (TPSA) is 47.6 Å². The molecular weight excluding hydrogens is 254 g/mol. The number of benzene rings is 1. The third-order valence-corrected chi connectivity index (χ3v) is 3.21. The number of nitrogens with one attached hydrogen (secondary N) is 1. The first kappa shape index (κ1) is 16.7. The highest BCUT2D eigenvalue weighted by Gasteiger charge is 2.34. The predicted octanol–water partition coefficient (Wildman–Crippen LogP) is 2.55. The molecule has 0 heterocycles. The molecule has 0 bridgehead atoms. The molecule has 0 aromatic heterocycles. The second-order valence-corrected chi connectivity index (χ2v) is 5.91. The molecule has 4 heteroatoms. The first-order chi connectivity index (χ1) is 9.40. The minimum Gasteiger partial charge on any atom is -0.468 e. The van der Waals surface area contributed by atoms with Gasteiger partial charge in [0.1, 0.15) is 6.04 Å². The van der Waals surface area contributed by atoms with Crippen LogP contribution in [0.5, 0.6) is 0 Å². The van der Waals surface area contributed by atoms with E-state index in [9.17, 15) is 4.79 Å². The minimum atomic E-state index is -0.396. The van der Waals surface area contributed by atoms with E-state index >= 15 is 0 Å². The molecule has 1 aromatic rings. The van der Waals surface area contributed by atoms with Gasteiger partial charge in [-0.05, 0) is 11.0 Å². The summed E-state index contributed by atoms with van der Waals surface area (Å²) in [4.78, 5) is 12.0. The summed E-state index contributed by atoms with van der Waals surface area (Å²) in [5.41, 5.74) is 0.848. The zero-order valence-electron chi connectivity index (χ0n) is 13.0. The number of esters is 1. The van der Waals surface area contributed by atoms with Crippen molar-refractivity contribution in [2.45, 2.75) is 32.9 Å². The first-order valence-electron chi connectivity index (χ1n) is 6.78. The van der Waals surface area contributed by atoms with Gasteiger partial charge in [0.25, 0.3) is 0 Å². The Morgan fingerprint density at radius 3 is 2.25 bits per heavy atom. The summed E-state index contributed by atoms with van der Waals surface area (Å²) in [7, 11) is 3.07. The number of hydrogen-bond donors (Lipinski definition) is 1. The van der Waals surface area contributed by atoms with Gasteiger partial charge in [-0.25, -0.2) is 0 Å². The third kappa shape index (κ3) is 4.62. The van der Waals surface area contributed by atoms with Gasteiger partial charge in [-0.3, -0.25) is 10.1 Å². The van der Waals surface area contributed by atoms with E-state index in [1.165, 1.54) is 7.11 Å². The van der Waals surface area contributed by atoms with Crippen LogP contribution in [0.2, 0.25) is 0 Å². The molecular formula is C16H25NO3. The van der Waals surface area contributed by atoms with Gasteiger partial charge < -0.3 is 9.47 Å². The summed E-state index contributed by atoms with van der Waals surface area (Å²) < 4.78 is 10.2. The van der Waals surface area contributed by atoms with Crippen molar-refractivity contribution in [3.63, 3.8) is 0 Å². The number of carbonyl (C=O) groups excluding carboxylic acids is 1. The molecule has 0 amide bonds. The summed E-state index contributed by atoms with van der Waals surface area (Å²) in [6.45, 7) is 6.52. The van der Waals surface area contributed by atoms with Crippen LogP contribution in [0.1, 0.15) is 32.4 Å². The monoisotopic (exact) mass is 279 g/mol. The maximum absolute atomic E-state index is 12.0. The molecule has 1 rings (SSSR count). The van der Waals surface area contributed by atoms with Crippen LogP contribution in [-0.4, -0.2) is 32.8 Å². The fourth-order valence-electron chi connectivity index (χ4n) is 2.08. The van der Waals surface area contributed by atoms with E-state index in [4.69, 9.17) is 9.47 Å². The van der Waals surface area contributed by atoms with Crippen molar-refractivity contribution in [2.75, 3.05) is 20.8 Å². The molecule has 4 nitrogen and oxygen atoms in total. The standard InChI is InChI=1S/C16H25NO3/c1-16(2,3)14(15(18)20-5)17-13(11-19-4)12-9-7-6-8-10-12/h6-10,13-14,17H,11H2,1-5H3/t13-,14+/m0/s1. The molecule has 0 saturated carbocycles. The second kappa shape index (κ2) is 7.41. The third-order valence-electron chi connectivity index (χ3n) is 3.21. The van der Waals surface area contributed by atoms with Gasteiger partial charge >= 0.3 is 5.97 Å². The first-order valence-corrected chi connectivity index (χ1v) is 6.78. The van der Waals surface area contributed by atoms with E-state index in [2.05, 4.69) is 5.32 Å². The van der Waals surface area contributed by atoms with Crippen LogP contribution >= 0.6 is 0 Å². The SMILES string of the molecule is COC[C@H](N[C@H](C(=O)OC)C(C)(C)C)c1ccccc1. The van der Waals surface area contributed by atoms with E-state index in [0.717, 1.165) is 5.56 Å². The average molecular weight is 279 g/mol. The van der Waals surface area contributed by atoms with Crippen LogP contribution in [0.25, 0.3) is 0 Å². The molecule has 1 N–H and O–H groups in total. The number of hydrogen-bond acceptors (Lipinski definition) is 4. The zero-order chi connectivity index (χ0) is 15.2. The number of rotatable bonds is 6. The largest absolute Gasteiger partial charge is 0.468 e. The molecule has 0 unspecified atom stereocenters. The van der Waals surface area contributed by atoms with E-state index in [1.807, 2.05) is 51.1 Å². The summed E-state index contributed by atoms with van der Waals surface area (Å²) in [6, 6.07) is 9.52. The van der Waals surface area contributed by atoms with Crippen LogP contribution in [0.4, 0.5) is 0 Å². The summed E-state index contributed by atoms with van der Waals surface area (Å²) >= 11 is 0. The van der Waals surface area contributed by atoms with Gasteiger partial charge in [-0.2, -0.15) is 0 Å². The quantitative estimate of drug-likeness (QED) is 0.813. The predicted molar refractivity (Wildman–Crippen MR) is 79.5 cm³/mol. The summed E-state index contributed by atoms with van der Waals surface area (Å²) in [5, 5.41) is 3.36. The number of ether oxygens (including phenoxy) is 2. The molecule has 2 atom stereocenters. The van der Waals surface area contributed by atoms with Crippen molar-refractivity contribution in [2.24, 2.45) is 5.41 Å². The van der Waals surface area contributed by atoms with Crippen molar-refractivity contribution in [3.8, 4) is 0 Å². The van der Waals surface area contributed by atoms with Crippen molar-refractivity contribution in [3.05, 3.63) is 35.9 Å². The zero-order valence-corrected chi connectivity index (χ0v) is 13.0. The lowest BCUT2D eigenvalue weighted by molar-refractivity contribution is -0.146. The lowest BCUT2D eigenvalue weighted by atomic mass is 9.86. The van der Waals surface area contributed by atoms with Gasteiger partial charge in [0, 0.05) is 7.11 Å². The van der Waals surface area contributed by atoms with Gasteiger partial charge in [-0.15, -0.1) is 0 Å². The van der Waals surface area contributed by atoms with E-state index in [1.54, 1.807) is 7.11 Å². The molecule has 1 aromatic carbocycles. The molecule has 0 spiro atoms. The van der Waals surface area contributed by atoms with Gasteiger partial charge in [0.05, 0.1) is 19.8 Å². The van der Waals surface area contributed by atoms with Crippen LogP contribution in [0, 0.1) is 5.41 Å².